The molecule has 1 heterocycles. The Morgan fingerprint density at radius 3 is 2.76 bits per heavy atom. The van der Waals surface area contributed by atoms with Gasteiger partial charge in [0.15, 0.2) is 17.3 Å². The van der Waals surface area contributed by atoms with Gasteiger partial charge in [-0.2, -0.15) is 5.10 Å². The molecule has 0 aliphatic rings. The van der Waals surface area contributed by atoms with E-state index in [1.54, 1.807) is 18.3 Å². The van der Waals surface area contributed by atoms with Gasteiger partial charge in [0.1, 0.15) is 12.2 Å². The molecule has 4 aromatic rings. The van der Waals surface area contributed by atoms with E-state index >= 15 is 0 Å². The first-order chi connectivity index (χ1) is 16.0. The van der Waals surface area contributed by atoms with Crippen LogP contribution in [0, 0.1) is 6.92 Å². The lowest BCUT2D eigenvalue weighted by Gasteiger charge is -2.13. The highest BCUT2D eigenvalue weighted by molar-refractivity contribution is 9.10. The summed E-state index contributed by atoms with van der Waals surface area (Å²) >= 11 is 3.41. The number of carbonyl (C=O) groups excluding carboxylic acids is 1. The SMILES string of the molecule is CCOc1cc(/C=N/NC(=O)c2cc3cc(Br)ccc3o2)ccc1OCc1cccc(C)c1. The molecule has 0 aliphatic heterocycles. The molecule has 0 radical (unpaired) electrons. The van der Waals surface area contributed by atoms with Gasteiger partial charge in [-0.1, -0.05) is 45.8 Å². The van der Waals surface area contributed by atoms with Gasteiger partial charge in [-0.05, 0) is 67.4 Å². The van der Waals surface area contributed by atoms with Crippen LogP contribution < -0.4 is 14.9 Å². The molecule has 0 fully saturated rings. The number of hydrogen-bond acceptors (Lipinski definition) is 5. The summed E-state index contributed by atoms with van der Waals surface area (Å²) in [6.07, 6.45) is 1.55. The number of furan rings is 1. The van der Waals surface area contributed by atoms with Crippen molar-refractivity contribution in [2.24, 2.45) is 5.10 Å². The van der Waals surface area contributed by atoms with E-state index in [-0.39, 0.29) is 5.76 Å². The van der Waals surface area contributed by atoms with Crippen molar-refractivity contribution < 1.29 is 18.7 Å². The van der Waals surface area contributed by atoms with E-state index in [1.807, 2.05) is 49.4 Å². The molecular weight excluding hydrogens is 484 g/mol. The molecular formula is C26H23BrN2O4. The predicted octanol–water partition coefficient (Wildman–Crippen LogP) is 6.25. The fourth-order valence-corrected chi connectivity index (χ4v) is 3.68. The zero-order valence-electron chi connectivity index (χ0n) is 18.3. The first-order valence-corrected chi connectivity index (χ1v) is 11.3. The smallest absolute Gasteiger partial charge is 0.307 e. The summed E-state index contributed by atoms with van der Waals surface area (Å²) in [7, 11) is 0. The number of nitrogens with zero attached hydrogens (tertiary/aromatic N) is 1. The van der Waals surface area contributed by atoms with Gasteiger partial charge in [0.2, 0.25) is 0 Å². The van der Waals surface area contributed by atoms with E-state index in [0.29, 0.717) is 30.3 Å². The molecule has 33 heavy (non-hydrogen) atoms. The maximum Gasteiger partial charge on any atom is 0.307 e. The van der Waals surface area contributed by atoms with Crippen LogP contribution in [-0.4, -0.2) is 18.7 Å². The predicted molar refractivity (Wildman–Crippen MR) is 132 cm³/mol. The lowest BCUT2D eigenvalue weighted by Crippen LogP contribution is -2.16. The van der Waals surface area contributed by atoms with Crippen LogP contribution >= 0.6 is 15.9 Å². The van der Waals surface area contributed by atoms with E-state index in [4.69, 9.17) is 13.9 Å². The van der Waals surface area contributed by atoms with Gasteiger partial charge in [-0.3, -0.25) is 4.79 Å². The molecule has 0 saturated heterocycles. The topological polar surface area (TPSA) is 73.1 Å². The second-order valence-electron chi connectivity index (χ2n) is 7.41. The fourth-order valence-electron chi connectivity index (χ4n) is 3.30. The number of benzene rings is 3. The van der Waals surface area contributed by atoms with Crippen molar-refractivity contribution in [1.82, 2.24) is 5.43 Å². The van der Waals surface area contributed by atoms with Crippen LogP contribution in [0.3, 0.4) is 0 Å². The zero-order valence-corrected chi connectivity index (χ0v) is 19.9. The first kappa shape index (κ1) is 22.6. The Hall–Kier alpha value is -3.58. The Kier molecular flexibility index (Phi) is 7.10. The van der Waals surface area contributed by atoms with Crippen molar-refractivity contribution in [2.75, 3.05) is 6.61 Å². The number of carbonyl (C=O) groups is 1. The molecule has 0 aliphatic carbocycles. The van der Waals surface area contributed by atoms with Crippen LogP contribution in [0.5, 0.6) is 11.5 Å². The highest BCUT2D eigenvalue weighted by atomic mass is 79.9. The van der Waals surface area contributed by atoms with Gasteiger partial charge in [0.05, 0.1) is 12.8 Å². The van der Waals surface area contributed by atoms with Gasteiger partial charge in [0, 0.05) is 9.86 Å². The average molecular weight is 507 g/mol. The van der Waals surface area contributed by atoms with Crippen LogP contribution in [0.2, 0.25) is 0 Å². The largest absolute Gasteiger partial charge is 0.490 e. The van der Waals surface area contributed by atoms with E-state index in [9.17, 15) is 4.79 Å². The van der Waals surface area contributed by atoms with Crippen LogP contribution in [0.15, 0.2) is 80.7 Å². The second-order valence-corrected chi connectivity index (χ2v) is 8.32. The highest BCUT2D eigenvalue weighted by Crippen LogP contribution is 2.29. The number of hydrazone groups is 1. The Balaban J connectivity index is 1.42. The molecule has 1 N–H and O–H groups in total. The number of fused-ring (bicyclic) bond motifs is 1. The third kappa shape index (κ3) is 5.81. The van der Waals surface area contributed by atoms with Crippen molar-refractivity contribution in [1.29, 1.82) is 0 Å². The Bertz CT molecular complexity index is 1310. The lowest BCUT2D eigenvalue weighted by molar-refractivity contribution is 0.0929. The van der Waals surface area contributed by atoms with Crippen LogP contribution in [0.4, 0.5) is 0 Å². The lowest BCUT2D eigenvalue weighted by atomic mass is 10.1. The molecule has 6 nitrogen and oxygen atoms in total. The third-order valence-corrected chi connectivity index (χ3v) is 5.32. The average Bonchev–Trinajstić information content (AvgIpc) is 3.22. The molecule has 7 heteroatoms. The Morgan fingerprint density at radius 1 is 1.06 bits per heavy atom. The summed E-state index contributed by atoms with van der Waals surface area (Å²) in [4.78, 5) is 12.4. The molecule has 0 atom stereocenters. The molecule has 1 amide bonds. The van der Waals surface area contributed by atoms with Gasteiger partial charge in [-0.25, -0.2) is 5.43 Å². The minimum Gasteiger partial charge on any atom is -0.490 e. The van der Waals surface area contributed by atoms with Crippen LogP contribution in [-0.2, 0) is 6.61 Å². The summed E-state index contributed by atoms with van der Waals surface area (Å²) in [5, 5.41) is 4.88. The van der Waals surface area contributed by atoms with Crippen molar-refractivity contribution >= 4 is 39.0 Å². The number of aryl methyl sites for hydroxylation is 1. The molecule has 3 aromatic carbocycles. The summed E-state index contributed by atoms with van der Waals surface area (Å²) in [5.41, 5.74) is 6.16. The summed E-state index contributed by atoms with van der Waals surface area (Å²) in [5.74, 6) is 1.02. The molecule has 0 saturated carbocycles. The normalized spacial score (nSPS) is 11.1. The number of hydrogen-bond donors (Lipinski definition) is 1. The van der Waals surface area contributed by atoms with Gasteiger partial charge >= 0.3 is 5.91 Å². The summed E-state index contributed by atoms with van der Waals surface area (Å²) in [6, 6.07) is 20.9. The standard InChI is InChI=1S/C26H23BrN2O4/c1-3-31-24-12-18(7-9-23(24)32-16-19-6-4-5-17(2)11-19)15-28-29-26(30)25-14-20-13-21(27)8-10-22(20)33-25/h4-15H,3,16H2,1-2H3,(H,29,30)/b28-15+. The summed E-state index contributed by atoms with van der Waals surface area (Å²) < 4.78 is 18.2. The quantitative estimate of drug-likeness (QED) is 0.226. The zero-order chi connectivity index (χ0) is 23.2. The Morgan fingerprint density at radius 2 is 1.94 bits per heavy atom. The minimum absolute atomic E-state index is 0.190. The highest BCUT2D eigenvalue weighted by Gasteiger charge is 2.12. The minimum atomic E-state index is -0.429. The number of amides is 1. The van der Waals surface area contributed by atoms with Crippen LogP contribution in [0.1, 0.15) is 34.2 Å². The number of rotatable bonds is 8. The molecule has 0 spiro atoms. The molecule has 0 bridgehead atoms. The van der Waals surface area contributed by atoms with Crippen LogP contribution in [0.25, 0.3) is 11.0 Å². The van der Waals surface area contributed by atoms with Crippen molar-refractivity contribution in [3.63, 3.8) is 0 Å². The molecule has 1 aromatic heterocycles. The maximum absolute atomic E-state index is 12.4. The van der Waals surface area contributed by atoms with Crippen molar-refractivity contribution in [2.45, 2.75) is 20.5 Å². The summed E-state index contributed by atoms with van der Waals surface area (Å²) in [6.45, 7) is 4.91. The molecule has 168 valence electrons. The second kappa shape index (κ2) is 10.4. The number of halogens is 1. The van der Waals surface area contributed by atoms with Gasteiger partial charge in [-0.15, -0.1) is 0 Å². The fraction of sp³-hybridized carbons (Fsp3) is 0.154. The van der Waals surface area contributed by atoms with Gasteiger partial charge in [0.25, 0.3) is 0 Å². The van der Waals surface area contributed by atoms with E-state index in [2.05, 4.69) is 45.5 Å². The monoisotopic (exact) mass is 506 g/mol. The Labute approximate surface area is 200 Å². The molecule has 4 rings (SSSR count). The van der Waals surface area contributed by atoms with Gasteiger partial charge < -0.3 is 13.9 Å². The van der Waals surface area contributed by atoms with Crippen molar-refractivity contribution in [3.8, 4) is 11.5 Å². The third-order valence-electron chi connectivity index (χ3n) is 4.83. The van der Waals surface area contributed by atoms with E-state index in [1.165, 1.54) is 5.56 Å². The van der Waals surface area contributed by atoms with E-state index in [0.717, 1.165) is 21.0 Å². The first-order valence-electron chi connectivity index (χ1n) is 10.5. The van der Waals surface area contributed by atoms with E-state index < -0.39 is 5.91 Å². The number of ether oxygens (including phenoxy) is 2. The maximum atomic E-state index is 12.4. The number of nitrogens with one attached hydrogen (secondary N) is 1. The van der Waals surface area contributed by atoms with Crippen molar-refractivity contribution in [3.05, 3.63) is 93.7 Å². The molecule has 0 unspecified atom stereocenters.